The molecule has 132 valence electrons. The summed E-state index contributed by atoms with van der Waals surface area (Å²) in [6.07, 6.45) is 5.25. The molecule has 7 nitrogen and oxygen atoms in total. The zero-order valence-electron chi connectivity index (χ0n) is 14.8. The van der Waals surface area contributed by atoms with E-state index in [1.807, 2.05) is 11.7 Å². The summed E-state index contributed by atoms with van der Waals surface area (Å²) in [7, 11) is 1.94. The maximum absolute atomic E-state index is 4.58. The molecule has 25 heavy (non-hydrogen) atoms. The van der Waals surface area contributed by atoms with Crippen molar-refractivity contribution < 1.29 is 0 Å². The maximum atomic E-state index is 4.58. The molecule has 1 aliphatic heterocycles. The Balaban J connectivity index is 1.75. The monoisotopic (exact) mass is 357 g/mol. The summed E-state index contributed by atoms with van der Waals surface area (Å²) in [5.41, 5.74) is 1.39. The summed E-state index contributed by atoms with van der Waals surface area (Å²) in [5.74, 6) is 2.39. The second-order valence-electron chi connectivity index (χ2n) is 6.90. The van der Waals surface area contributed by atoms with Gasteiger partial charge in [0.1, 0.15) is 29.1 Å². The van der Waals surface area contributed by atoms with Gasteiger partial charge in [0.2, 0.25) is 0 Å². The molecule has 0 saturated carbocycles. The molecule has 0 fully saturated rings. The van der Waals surface area contributed by atoms with Crippen molar-refractivity contribution in [2.24, 2.45) is 13.0 Å². The summed E-state index contributed by atoms with van der Waals surface area (Å²) in [5, 5.41) is 12.5. The number of hydrogen-bond donors (Lipinski definition) is 2. The van der Waals surface area contributed by atoms with E-state index in [0.717, 1.165) is 42.4 Å². The molecule has 1 atom stereocenters. The number of fused-ring (bicyclic) bond motifs is 3. The third-order valence-corrected chi connectivity index (χ3v) is 5.72. The molecule has 0 aliphatic carbocycles. The van der Waals surface area contributed by atoms with Crippen LogP contribution >= 0.6 is 11.3 Å². The fraction of sp³-hybridized carbons (Fsp3) is 0.529. The van der Waals surface area contributed by atoms with Gasteiger partial charge in [0, 0.05) is 18.5 Å². The van der Waals surface area contributed by atoms with Gasteiger partial charge in [0.25, 0.3) is 0 Å². The van der Waals surface area contributed by atoms with Gasteiger partial charge in [-0.15, -0.1) is 11.3 Å². The third kappa shape index (κ3) is 3.11. The molecule has 2 N–H and O–H groups in total. The minimum absolute atomic E-state index is 0.0721. The molecule has 0 bridgehead atoms. The van der Waals surface area contributed by atoms with Crippen LogP contribution in [0.15, 0.2) is 12.7 Å². The SMILES string of the molecule is CC(C)C[C@@H](Nc1ncnc2sc3c(c12)CCNC3)c1ncnn1C. The lowest BCUT2D eigenvalue weighted by Crippen LogP contribution is -2.22. The highest BCUT2D eigenvalue weighted by molar-refractivity contribution is 7.18. The lowest BCUT2D eigenvalue weighted by Gasteiger charge is -2.21. The average molecular weight is 357 g/mol. The topological polar surface area (TPSA) is 80.6 Å². The Hall–Kier alpha value is -2.06. The number of thiophene rings is 1. The number of anilines is 1. The van der Waals surface area contributed by atoms with E-state index in [1.54, 1.807) is 24.0 Å². The third-order valence-electron chi connectivity index (χ3n) is 4.58. The standard InChI is InChI=1S/C17H23N7S/c1-10(2)6-12(16-20-9-22-24(16)3)23-15-14-11-4-5-18-7-13(11)25-17(14)21-8-19-15/h8-10,12,18H,4-7H2,1-3H3,(H,19,21,23)/t12-/m1/s1. The minimum atomic E-state index is 0.0721. The maximum Gasteiger partial charge on any atom is 0.149 e. The summed E-state index contributed by atoms with van der Waals surface area (Å²) >= 11 is 1.77. The van der Waals surface area contributed by atoms with Gasteiger partial charge in [-0.2, -0.15) is 5.10 Å². The fourth-order valence-corrected chi connectivity index (χ4v) is 4.61. The van der Waals surface area contributed by atoms with Gasteiger partial charge in [0.15, 0.2) is 0 Å². The Morgan fingerprint density at radius 2 is 2.16 bits per heavy atom. The van der Waals surface area contributed by atoms with Gasteiger partial charge < -0.3 is 10.6 Å². The predicted octanol–water partition coefficient (Wildman–Crippen LogP) is 2.66. The first kappa shape index (κ1) is 16.4. The molecule has 4 rings (SSSR count). The van der Waals surface area contributed by atoms with Gasteiger partial charge in [-0.05, 0) is 30.9 Å². The molecule has 0 saturated heterocycles. The van der Waals surface area contributed by atoms with E-state index in [0.29, 0.717) is 5.92 Å². The molecule has 1 aliphatic rings. The smallest absolute Gasteiger partial charge is 0.149 e. The van der Waals surface area contributed by atoms with E-state index < -0.39 is 0 Å². The van der Waals surface area contributed by atoms with E-state index in [9.17, 15) is 0 Å². The van der Waals surface area contributed by atoms with Crippen molar-refractivity contribution in [2.45, 2.75) is 39.3 Å². The van der Waals surface area contributed by atoms with Gasteiger partial charge in [-0.25, -0.2) is 15.0 Å². The van der Waals surface area contributed by atoms with Crippen LogP contribution in [0.2, 0.25) is 0 Å². The van der Waals surface area contributed by atoms with Crippen LogP contribution in [0.25, 0.3) is 10.2 Å². The van der Waals surface area contributed by atoms with Crippen LogP contribution in [0.4, 0.5) is 5.82 Å². The van der Waals surface area contributed by atoms with Crippen molar-refractivity contribution >= 4 is 27.4 Å². The lowest BCUT2D eigenvalue weighted by atomic mass is 10.0. The summed E-state index contributed by atoms with van der Waals surface area (Å²) < 4.78 is 1.84. The number of hydrogen-bond acceptors (Lipinski definition) is 7. The Labute approximate surface area is 150 Å². The molecule has 0 radical (unpaired) electrons. The Bertz CT molecular complexity index is 882. The second-order valence-corrected chi connectivity index (χ2v) is 7.98. The van der Waals surface area contributed by atoms with Crippen molar-refractivity contribution in [3.8, 4) is 0 Å². The number of aromatic nitrogens is 5. The van der Waals surface area contributed by atoms with E-state index in [1.165, 1.54) is 15.8 Å². The number of nitrogens with zero attached hydrogens (tertiary/aromatic N) is 5. The zero-order chi connectivity index (χ0) is 17.4. The Morgan fingerprint density at radius 3 is 2.92 bits per heavy atom. The van der Waals surface area contributed by atoms with Crippen LogP contribution in [0.1, 0.15) is 42.6 Å². The molecule has 0 unspecified atom stereocenters. The van der Waals surface area contributed by atoms with Gasteiger partial charge >= 0.3 is 0 Å². The van der Waals surface area contributed by atoms with Crippen molar-refractivity contribution in [1.29, 1.82) is 0 Å². The van der Waals surface area contributed by atoms with Crippen LogP contribution in [0.5, 0.6) is 0 Å². The number of nitrogens with one attached hydrogen (secondary N) is 2. The van der Waals surface area contributed by atoms with Crippen molar-refractivity contribution in [3.05, 3.63) is 28.9 Å². The normalized spacial score (nSPS) is 15.5. The molecule has 0 amide bonds. The van der Waals surface area contributed by atoms with Gasteiger partial charge in [-0.1, -0.05) is 13.8 Å². The number of aryl methyl sites for hydroxylation is 1. The van der Waals surface area contributed by atoms with Gasteiger partial charge in [0.05, 0.1) is 11.4 Å². The van der Waals surface area contributed by atoms with Crippen LogP contribution in [-0.4, -0.2) is 31.3 Å². The summed E-state index contributed by atoms with van der Waals surface area (Å²) in [4.78, 5) is 16.0. The van der Waals surface area contributed by atoms with Crippen LogP contribution < -0.4 is 10.6 Å². The molecule has 0 aromatic carbocycles. The molecular formula is C17H23N7S. The highest BCUT2D eigenvalue weighted by Gasteiger charge is 2.23. The van der Waals surface area contributed by atoms with Crippen molar-refractivity contribution in [1.82, 2.24) is 30.0 Å². The second kappa shape index (κ2) is 6.68. The highest BCUT2D eigenvalue weighted by Crippen LogP contribution is 2.37. The van der Waals surface area contributed by atoms with Gasteiger partial charge in [-0.3, -0.25) is 4.68 Å². The van der Waals surface area contributed by atoms with E-state index in [4.69, 9.17) is 0 Å². The van der Waals surface area contributed by atoms with Crippen LogP contribution in [-0.2, 0) is 20.0 Å². The highest BCUT2D eigenvalue weighted by atomic mass is 32.1. The summed E-state index contributed by atoms with van der Waals surface area (Å²) in [6.45, 7) is 6.37. The molecule has 0 spiro atoms. The first-order valence-electron chi connectivity index (χ1n) is 8.70. The van der Waals surface area contributed by atoms with Crippen LogP contribution in [0, 0.1) is 5.92 Å². The quantitative estimate of drug-likeness (QED) is 0.731. The van der Waals surface area contributed by atoms with Crippen molar-refractivity contribution in [3.63, 3.8) is 0 Å². The van der Waals surface area contributed by atoms with E-state index in [-0.39, 0.29) is 6.04 Å². The van der Waals surface area contributed by atoms with Crippen molar-refractivity contribution in [2.75, 3.05) is 11.9 Å². The predicted molar refractivity (Wildman–Crippen MR) is 99.6 cm³/mol. The Morgan fingerprint density at radius 1 is 1.28 bits per heavy atom. The fourth-order valence-electron chi connectivity index (χ4n) is 3.45. The number of rotatable bonds is 5. The van der Waals surface area contributed by atoms with E-state index in [2.05, 4.69) is 44.5 Å². The molecule has 3 aromatic rings. The Kier molecular flexibility index (Phi) is 4.39. The molecule has 4 heterocycles. The molecule has 8 heteroatoms. The molecular weight excluding hydrogens is 334 g/mol. The minimum Gasteiger partial charge on any atom is -0.359 e. The largest absolute Gasteiger partial charge is 0.359 e. The first-order chi connectivity index (χ1) is 12.1. The summed E-state index contributed by atoms with van der Waals surface area (Å²) in [6, 6.07) is 0.0721. The first-order valence-corrected chi connectivity index (χ1v) is 9.51. The zero-order valence-corrected chi connectivity index (χ0v) is 15.6. The molecule has 3 aromatic heterocycles. The van der Waals surface area contributed by atoms with Crippen LogP contribution in [0.3, 0.4) is 0 Å². The lowest BCUT2D eigenvalue weighted by molar-refractivity contribution is 0.498. The average Bonchev–Trinajstić information content (AvgIpc) is 3.17. The van der Waals surface area contributed by atoms with E-state index >= 15 is 0 Å².